The van der Waals surface area contributed by atoms with Crippen molar-refractivity contribution in [2.24, 2.45) is 0 Å². The number of carbonyl (C=O) groups is 1. The molecule has 1 N–H and O–H groups in total. The first-order valence-electron chi connectivity index (χ1n) is 7.79. The molecule has 1 aromatic carbocycles. The largest absolute Gasteiger partial charge is 0.355 e. The standard InChI is InChI=1S/C16H25FN2O3S/c1-3-4-7-12-19(23(2,21)22)13-16(20)18-11-10-14-8-5-6-9-15(14)17/h5-6,8-9H,3-4,7,10-13H2,1-2H3,(H,18,20). The van der Waals surface area contributed by atoms with Crippen LogP contribution in [0.5, 0.6) is 0 Å². The molecule has 0 aliphatic carbocycles. The molecule has 0 aromatic heterocycles. The molecular weight excluding hydrogens is 319 g/mol. The Kier molecular flexibility index (Phi) is 8.19. The zero-order chi connectivity index (χ0) is 17.3. The highest BCUT2D eigenvalue weighted by atomic mass is 32.2. The third kappa shape index (κ3) is 7.56. The fraction of sp³-hybridized carbons (Fsp3) is 0.562. The van der Waals surface area contributed by atoms with Gasteiger partial charge >= 0.3 is 0 Å². The molecule has 0 unspecified atom stereocenters. The maximum Gasteiger partial charge on any atom is 0.235 e. The first kappa shape index (κ1) is 19.6. The summed E-state index contributed by atoms with van der Waals surface area (Å²) in [5.41, 5.74) is 0.524. The van der Waals surface area contributed by atoms with Crippen molar-refractivity contribution < 1.29 is 17.6 Å². The van der Waals surface area contributed by atoms with Gasteiger partial charge in [-0.3, -0.25) is 4.79 Å². The van der Waals surface area contributed by atoms with Crippen LogP contribution in [-0.2, 0) is 21.2 Å². The lowest BCUT2D eigenvalue weighted by Crippen LogP contribution is -2.41. The second-order valence-corrected chi connectivity index (χ2v) is 7.48. The van der Waals surface area contributed by atoms with Gasteiger partial charge in [0.2, 0.25) is 15.9 Å². The topological polar surface area (TPSA) is 66.5 Å². The van der Waals surface area contributed by atoms with Crippen LogP contribution in [0.2, 0.25) is 0 Å². The van der Waals surface area contributed by atoms with Crippen LogP contribution in [-0.4, -0.2) is 44.5 Å². The van der Waals surface area contributed by atoms with E-state index in [1.54, 1.807) is 18.2 Å². The Labute approximate surface area is 137 Å². The van der Waals surface area contributed by atoms with E-state index < -0.39 is 10.0 Å². The van der Waals surface area contributed by atoms with Crippen LogP contribution in [0.25, 0.3) is 0 Å². The van der Waals surface area contributed by atoms with Gasteiger partial charge in [-0.1, -0.05) is 38.0 Å². The second-order valence-electron chi connectivity index (χ2n) is 5.50. The van der Waals surface area contributed by atoms with Crippen molar-refractivity contribution in [2.75, 3.05) is 25.9 Å². The number of sulfonamides is 1. The zero-order valence-corrected chi connectivity index (χ0v) is 14.5. The predicted octanol–water partition coefficient (Wildman–Crippen LogP) is 1.94. The Balaban J connectivity index is 2.45. The molecule has 1 amide bonds. The third-order valence-electron chi connectivity index (χ3n) is 3.47. The van der Waals surface area contributed by atoms with Crippen molar-refractivity contribution in [3.05, 3.63) is 35.6 Å². The molecule has 0 atom stereocenters. The van der Waals surface area contributed by atoms with Crippen molar-refractivity contribution in [3.8, 4) is 0 Å². The number of nitrogens with one attached hydrogen (secondary N) is 1. The lowest BCUT2D eigenvalue weighted by molar-refractivity contribution is -0.121. The molecule has 7 heteroatoms. The maximum atomic E-state index is 13.5. The van der Waals surface area contributed by atoms with Gasteiger partial charge in [0, 0.05) is 13.1 Å². The van der Waals surface area contributed by atoms with Gasteiger partial charge in [-0.05, 0) is 24.5 Å². The molecule has 0 saturated carbocycles. The molecule has 0 radical (unpaired) electrons. The minimum atomic E-state index is -3.41. The van der Waals surface area contributed by atoms with Crippen LogP contribution >= 0.6 is 0 Å². The summed E-state index contributed by atoms with van der Waals surface area (Å²) < 4.78 is 38.0. The molecule has 130 valence electrons. The van der Waals surface area contributed by atoms with Crippen LogP contribution in [0.1, 0.15) is 31.7 Å². The third-order valence-corrected chi connectivity index (χ3v) is 4.72. The molecule has 0 fully saturated rings. The minimum absolute atomic E-state index is 0.195. The fourth-order valence-electron chi connectivity index (χ4n) is 2.15. The molecule has 1 rings (SSSR count). The van der Waals surface area contributed by atoms with Crippen molar-refractivity contribution in [2.45, 2.75) is 32.6 Å². The molecule has 0 aliphatic heterocycles. The van der Waals surface area contributed by atoms with E-state index in [9.17, 15) is 17.6 Å². The normalized spacial score (nSPS) is 11.7. The molecule has 0 saturated heterocycles. The lowest BCUT2D eigenvalue weighted by Gasteiger charge is -2.19. The summed E-state index contributed by atoms with van der Waals surface area (Å²) in [7, 11) is -3.41. The van der Waals surface area contributed by atoms with Gasteiger partial charge in [-0.15, -0.1) is 0 Å². The van der Waals surface area contributed by atoms with Gasteiger partial charge in [-0.25, -0.2) is 12.8 Å². The SMILES string of the molecule is CCCCCN(CC(=O)NCCc1ccccc1F)S(C)(=O)=O. The summed E-state index contributed by atoms with van der Waals surface area (Å²) >= 11 is 0. The van der Waals surface area contributed by atoms with Crippen molar-refractivity contribution in [3.63, 3.8) is 0 Å². The second kappa shape index (κ2) is 9.62. The van der Waals surface area contributed by atoms with E-state index in [2.05, 4.69) is 5.32 Å². The number of carbonyl (C=O) groups excluding carboxylic acids is 1. The summed E-state index contributed by atoms with van der Waals surface area (Å²) in [4.78, 5) is 11.9. The fourth-order valence-corrected chi connectivity index (χ4v) is 2.97. The number of amides is 1. The predicted molar refractivity (Wildman–Crippen MR) is 89.1 cm³/mol. The van der Waals surface area contributed by atoms with Crippen molar-refractivity contribution in [1.82, 2.24) is 9.62 Å². The van der Waals surface area contributed by atoms with Gasteiger partial charge in [0.05, 0.1) is 12.8 Å². The summed E-state index contributed by atoms with van der Waals surface area (Å²) in [5.74, 6) is -0.678. The van der Waals surface area contributed by atoms with E-state index in [0.717, 1.165) is 25.5 Å². The van der Waals surface area contributed by atoms with Crippen molar-refractivity contribution >= 4 is 15.9 Å². The van der Waals surface area contributed by atoms with Crippen LogP contribution in [0.15, 0.2) is 24.3 Å². The average Bonchev–Trinajstić information content (AvgIpc) is 2.47. The zero-order valence-electron chi connectivity index (χ0n) is 13.7. The highest BCUT2D eigenvalue weighted by molar-refractivity contribution is 7.88. The van der Waals surface area contributed by atoms with Crippen molar-refractivity contribution in [1.29, 1.82) is 0 Å². The van der Waals surface area contributed by atoms with Crippen LogP contribution < -0.4 is 5.32 Å². The molecule has 1 aromatic rings. The molecule has 0 spiro atoms. The van der Waals surface area contributed by atoms with E-state index in [4.69, 9.17) is 0 Å². The first-order valence-corrected chi connectivity index (χ1v) is 9.64. The first-order chi connectivity index (χ1) is 10.8. The van der Waals surface area contributed by atoms with Gasteiger partial charge in [-0.2, -0.15) is 4.31 Å². The van der Waals surface area contributed by atoms with Gasteiger partial charge < -0.3 is 5.32 Å². The van der Waals surface area contributed by atoms with E-state index >= 15 is 0 Å². The summed E-state index contributed by atoms with van der Waals surface area (Å²) in [6.07, 6.45) is 4.10. The van der Waals surface area contributed by atoms with Gasteiger partial charge in [0.1, 0.15) is 5.82 Å². The summed E-state index contributed by atoms with van der Waals surface area (Å²) in [5, 5.41) is 2.64. The Morgan fingerprint density at radius 2 is 1.96 bits per heavy atom. The van der Waals surface area contributed by atoms with E-state index in [0.29, 0.717) is 18.5 Å². The maximum absolute atomic E-state index is 13.5. The van der Waals surface area contributed by atoms with E-state index in [-0.39, 0.29) is 24.8 Å². The van der Waals surface area contributed by atoms with E-state index in [1.165, 1.54) is 10.4 Å². The average molecular weight is 344 g/mol. The molecule has 0 heterocycles. The Hall–Kier alpha value is -1.47. The van der Waals surface area contributed by atoms with Crippen LogP contribution in [0.4, 0.5) is 4.39 Å². The summed E-state index contributed by atoms with van der Waals surface area (Å²) in [6.45, 7) is 2.44. The Morgan fingerprint density at radius 3 is 2.57 bits per heavy atom. The van der Waals surface area contributed by atoms with Crippen LogP contribution in [0, 0.1) is 5.82 Å². The van der Waals surface area contributed by atoms with Gasteiger partial charge in [0.15, 0.2) is 0 Å². The van der Waals surface area contributed by atoms with E-state index in [1.807, 2.05) is 6.92 Å². The smallest absolute Gasteiger partial charge is 0.235 e. The highest BCUT2D eigenvalue weighted by Gasteiger charge is 2.19. The number of benzene rings is 1. The lowest BCUT2D eigenvalue weighted by atomic mass is 10.1. The Morgan fingerprint density at radius 1 is 1.26 bits per heavy atom. The number of halogens is 1. The molecule has 0 aliphatic rings. The molecular formula is C16H25FN2O3S. The molecule has 0 bridgehead atoms. The number of rotatable bonds is 10. The number of unbranched alkanes of at least 4 members (excludes halogenated alkanes) is 2. The minimum Gasteiger partial charge on any atom is -0.355 e. The number of nitrogens with zero attached hydrogens (tertiary/aromatic N) is 1. The number of hydrogen-bond acceptors (Lipinski definition) is 3. The van der Waals surface area contributed by atoms with Crippen LogP contribution in [0.3, 0.4) is 0 Å². The summed E-state index contributed by atoms with van der Waals surface area (Å²) in [6, 6.07) is 6.38. The van der Waals surface area contributed by atoms with Gasteiger partial charge in [0.25, 0.3) is 0 Å². The quantitative estimate of drug-likeness (QED) is 0.660. The number of hydrogen-bond donors (Lipinski definition) is 1. The monoisotopic (exact) mass is 344 g/mol. The highest BCUT2D eigenvalue weighted by Crippen LogP contribution is 2.06. The molecule has 23 heavy (non-hydrogen) atoms. The Bertz CT molecular complexity index is 605. The molecule has 5 nitrogen and oxygen atoms in total.